The van der Waals surface area contributed by atoms with Crippen LogP contribution in [0.5, 0.6) is 0 Å². The molecule has 1 spiro atoms. The minimum atomic E-state index is 0.116. The first-order valence-corrected chi connectivity index (χ1v) is 9.87. The van der Waals surface area contributed by atoms with Crippen LogP contribution in [0.25, 0.3) is 0 Å². The van der Waals surface area contributed by atoms with Crippen molar-refractivity contribution in [1.82, 2.24) is 5.32 Å². The SMILES string of the molecule is Clc1cccc(CN=C2Nc3cc(Br)ccc3CC23CCNCC3)c1. The zero-order valence-corrected chi connectivity index (χ0v) is 16.3. The number of nitrogens with zero attached hydrogens (tertiary/aromatic N) is 1. The van der Waals surface area contributed by atoms with Crippen LogP contribution in [-0.2, 0) is 13.0 Å². The highest BCUT2D eigenvalue weighted by Crippen LogP contribution is 2.41. The summed E-state index contributed by atoms with van der Waals surface area (Å²) < 4.78 is 1.09. The van der Waals surface area contributed by atoms with E-state index in [4.69, 9.17) is 16.6 Å². The highest BCUT2D eigenvalue weighted by atomic mass is 79.9. The molecule has 2 heterocycles. The number of nitrogens with one attached hydrogen (secondary N) is 2. The number of hydrogen-bond donors (Lipinski definition) is 2. The Kier molecular flexibility index (Phi) is 4.85. The van der Waals surface area contributed by atoms with E-state index in [-0.39, 0.29) is 5.41 Å². The van der Waals surface area contributed by atoms with Crippen molar-refractivity contribution >= 4 is 39.1 Å². The molecular weight excluding hydrogens is 398 g/mol. The van der Waals surface area contributed by atoms with Crippen molar-refractivity contribution < 1.29 is 0 Å². The standard InChI is InChI=1S/C20H21BrClN3/c21-16-5-4-15-12-20(6-8-23-9-7-20)19(25-18(15)11-16)24-13-14-2-1-3-17(22)10-14/h1-5,10-11,23H,6-9,12-13H2,(H,24,25). The molecule has 0 saturated carbocycles. The summed E-state index contributed by atoms with van der Waals surface area (Å²) >= 11 is 9.69. The molecule has 5 heteroatoms. The summed E-state index contributed by atoms with van der Waals surface area (Å²) in [7, 11) is 0. The Bertz CT molecular complexity index is 812. The van der Waals surface area contributed by atoms with E-state index in [1.165, 1.54) is 11.3 Å². The van der Waals surface area contributed by atoms with Gasteiger partial charge in [-0.3, -0.25) is 4.99 Å². The first kappa shape index (κ1) is 17.1. The Balaban J connectivity index is 1.68. The van der Waals surface area contributed by atoms with Crippen molar-refractivity contribution in [3.63, 3.8) is 0 Å². The van der Waals surface area contributed by atoms with Crippen molar-refractivity contribution in [3.8, 4) is 0 Å². The molecule has 2 aromatic carbocycles. The molecule has 0 aliphatic carbocycles. The molecule has 2 aliphatic rings. The molecule has 2 N–H and O–H groups in total. The molecule has 0 radical (unpaired) electrons. The molecule has 4 rings (SSSR count). The third kappa shape index (κ3) is 3.62. The number of amidine groups is 1. The van der Waals surface area contributed by atoms with E-state index in [9.17, 15) is 0 Å². The summed E-state index contributed by atoms with van der Waals surface area (Å²) in [5.74, 6) is 1.12. The number of fused-ring (bicyclic) bond motifs is 1. The highest BCUT2D eigenvalue weighted by Gasteiger charge is 2.41. The maximum Gasteiger partial charge on any atom is 0.108 e. The Hall–Kier alpha value is -1.36. The van der Waals surface area contributed by atoms with Crippen molar-refractivity contribution in [2.75, 3.05) is 18.4 Å². The lowest BCUT2D eigenvalue weighted by Gasteiger charge is -2.43. The molecule has 25 heavy (non-hydrogen) atoms. The molecule has 1 fully saturated rings. The molecule has 3 nitrogen and oxygen atoms in total. The molecule has 0 aromatic heterocycles. The van der Waals surface area contributed by atoms with Gasteiger partial charge in [-0.05, 0) is 67.7 Å². The normalized spacial score (nSPS) is 20.3. The Morgan fingerprint density at radius 1 is 1.12 bits per heavy atom. The van der Waals surface area contributed by atoms with Gasteiger partial charge in [-0.15, -0.1) is 0 Å². The molecular formula is C20H21BrClN3. The number of anilines is 1. The highest BCUT2D eigenvalue weighted by molar-refractivity contribution is 9.10. The van der Waals surface area contributed by atoms with Gasteiger partial charge in [-0.1, -0.05) is 45.7 Å². The van der Waals surface area contributed by atoms with Gasteiger partial charge in [0.25, 0.3) is 0 Å². The van der Waals surface area contributed by atoms with Crippen LogP contribution in [0.3, 0.4) is 0 Å². The molecule has 2 aliphatic heterocycles. The molecule has 130 valence electrons. The van der Waals surface area contributed by atoms with Crippen LogP contribution < -0.4 is 10.6 Å². The number of rotatable bonds is 2. The molecule has 0 bridgehead atoms. The number of benzene rings is 2. The average molecular weight is 419 g/mol. The fraction of sp³-hybridized carbons (Fsp3) is 0.350. The van der Waals surface area contributed by atoms with Crippen molar-refractivity contribution in [3.05, 3.63) is 63.1 Å². The second-order valence-corrected chi connectivity index (χ2v) is 8.28. The van der Waals surface area contributed by atoms with Crippen LogP contribution in [0.2, 0.25) is 5.02 Å². The fourth-order valence-electron chi connectivity index (χ4n) is 3.86. The van der Waals surface area contributed by atoms with Crippen molar-refractivity contribution in [2.24, 2.45) is 10.4 Å². The van der Waals surface area contributed by atoms with E-state index < -0.39 is 0 Å². The number of halogens is 2. The molecule has 0 unspecified atom stereocenters. The second kappa shape index (κ2) is 7.10. The number of aliphatic imine (C=N–C) groups is 1. The first-order chi connectivity index (χ1) is 12.1. The smallest absolute Gasteiger partial charge is 0.108 e. The third-order valence-corrected chi connectivity index (χ3v) is 5.95. The lowest BCUT2D eigenvalue weighted by Crippen LogP contribution is -2.48. The molecule has 1 saturated heterocycles. The van der Waals surface area contributed by atoms with Crippen LogP contribution in [-0.4, -0.2) is 18.9 Å². The van der Waals surface area contributed by atoms with Crippen molar-refractivity contribution in [1.29, 1.82) is 0 Å². The molecule has 0 atom stereocenters. The summed E-state index contributed by atoms with van der Waals surface area (Å²) in [5.41, 5.74) is 3.81. The average Bonchev–Trinajstić information content (AvgIpc) is 2.61. The minimum Gasteiger partial charge on any atom is -0.343 e. The van der Waals surface area contributed by atoms with Crippen LogP contribution in [0, 0.1) is 5.41 Å². The Morgan fingerprint density at radius 3 is 2.76 bits per heavy atom. The summed E-state index contributed by atoms with van der Waals surface area (Å²) in [6.45, 7) is 2.74. The Morgan fingerprint density at radius 2 is 1.96 bits per heavy atom. The zero-order valence-electron chi connectivity index (χ0n) is 14.0. The van der Waals surface area contributed by atoms with Gasteiger partial charge in [0.2, 0.25) is 0 Å². The lowest BCUT2D eigenvalue weighted by atomic mass is 9.71. The van der Waals surface area contributed by atoms with Gasteiger partial charge in [-0.2, -0.15) is 0 Å². The predicted molar refractivity (Wildman–Crippen MR) is 109 cm³/mol. The zero-order chi connectivity index (χ0) is 17.3. The van der Waals surface area contributed by atoms with E-state index in [1.807, 2.05) is 18.2 Å². The van der Waals surface area contributed by atoms with Crippen LogP contribution in [0.15, 0.2) is 51.9 Å². The van der Waals surface area contributed by atoms with Gasteiger partial charge in [0.15, 0.2) is 0 Å². The largest absolute Gasteiger partial charge is 0.343 e. The number of hydrogen-bond acceptors (Lipinski definition) is 2. The van der Waals surface area contributed by atoms with E-state index in [2.05, 4.69) is 50.8 Å². The van der Waals surface area contributed by atoms with E-state index in [1.54, 1.807) is 0 Å². The Labute approximate surface area is 162 Å². The van der Waals surface area contributed by atoms with E-state index >= 15 is 0 Å². The topological polar surface area (TPSA) is 36.4 Å². The second-order valence-electron chi connectivity index (χ2n) is 6.93. The quantitative estimate of drug-likeness (QED) is 0.717. The maximum absolute atomic E-state index is 6.12. The lowest BCUT2D eigenvalue weighted by molar-refractivity contribution is 0.293. The predicted octanol–water partition coefficient (Wildman–Crippen LogP) is 5.04. The molecule has 0 amide bonds. The van der Waals surface area contributed by atoms with E-state index in [0.717, 1.165) is 53.2 Å². The fourth-order valence-corrected chi connectivity index (χ4v) is 4.43. The summed E-state index contributed by atoms with van der Waals surface area (Å²) in [5, 5.41) is 7.89. The van der Waals surface area contributed by atoms with Gasteiger partial charge in [0, 0.05) is 20.6 Å². The van der Waals surface area contributed by atoms with Gasteiger partial charge in [0.1, 0.15) is 5.84 Å². The van der Waals surface area contributed by atoms with Crippen LogP contribution in [0.4, 0.5) is 5.69 Å². The number of piperidine rings is 1. The van der Waals surface area contributed by atoms with Gasteiger partial charge in [0.05, 0.1) is 6.54 Å². The van der Waals surface area contributed by atoms with Crippen LogP contribution in [0.1, 0.15) is 24.0 Å². The first-order valence-electron chi connectivity index (χ1n) is 8.70. The summed E-state index contributed by atoms with van der Waals surface area (Å²) in [6, 6.07) is 14.5. The third-order valence-electron chi connectivity index (χ3n) is 5.23. The van der Waals surface area contributed by atoms with Crippen molar-refractivity contribution in [2.45, 2.75) is 25.8 Å². The monoisotopic (exact) mass is 417 g/mol. The molecule has 2 aromatic rings. The minimum absolute atomic E-state index is 0.116. The van der Waals surface area contributed by atoms with E-state index in [0.29, 0.717) is 6.54 Å². The van der Waals surface area contributed by atoms with Gasteiger partial charge >= 0.3 is 0 Å². The van der Waals surface area contributed by atoms with Gasteiger partial charge < -0.3 is 10.6 Å². The van der Waals surface area contributed by atoms with Crippen LogP contribution >= 0.6 is 27.5 Å². The van der Waals surface area contributed by atoms with Gasteiger partial charge in [-0.25, -0.2) is 0 Å². The maximum atomic E-state index is 6.12. The summed E-state index contributed by atoms with van der Waals surface area (Å²) in [6.07, 6.45) is 3.28. The summed E-state index contributed by atoms with van der Waals surface area (Å²) in [4.78, 5) is 5.00.